The fraction of sp³-hybridized carbons (Fsp3) is 0.455. The Labute approximate surface area is 154 Å². The summed E-state index contributed by atoms with van der Waals surface area (Å²) in [6, 6.07) is 13.5. The second-order valence-electron chi connectivity index (χ2n) is 8.74. The minimum Gasteiger partial charge on any atom is -0.338 e. The standard InChI is InChI=1S/C22H26N2O2/c1-22(2,3)18-9-7-16(8-10-18)21(26)23-12-15-11-17(14-23)19-5-4-6-20(25)24(19)13-15/h4-10,15,17H,11-14H2,1-3H3. The molecule has 1 amide bonds. The summed E-state index contributed by atoms with van der Waals surface area (Å²) in [5.74, 6) is 0.722. The highest BCUT2D eigenvalue weighted by Gasteiger charge is 2.36. The van der Waals surface area contributed by atoms with Gasteiger partial charge in [0.05, 0.1) is 0 Å². The second kappa shape index (κ2) is 6.11. The maximum atomic E-state index is 13.0. The Morgan fingerprint density at radius 1 is 1.00 bits per heavy atom. The lowest BCUT2D eigenvalue weighted by molar-refractivity contribution is 0.0594. The van der Waals surface area contributed by atoms with Gasteiger partial charge in [0.2, 0.25) is 0 Å². The third-order valence-electron chi connectivity index (χ3n) is 5.76. The van der Waals surface area contributed by atoms with Gasteiger partial charge in [-0.05, 0) is 41.5 Å². The van der Waals surface area contributed by atoms with Gasteiger partial charge in [0.25, 0.3) is 11.5 Å². The molecule has 2 aliphatic heterocycles. The highest BCUT2D eigenvalue weighted by molar-refractivity contribution is 5.94. The molecule has 136 valence electrons. The van der Waals surface area contributed by atoms with Gasteiger partial charge in [0, 0.05) is 42.9 Å². The van der Waals surface area contributed by atoms with E-state index in [4.69, 9.17) is 0 Å². The average Bonchev–Trinajstić information content (AvgIpc) is 2.61. The molecule has 0 N–H and O–H groups in total. The number of piperidine rings is 1. The Kier molecular flexibility index (Phi) is 4.02. The normalized spacial score (nSPS) is 22.0. The smallest absolute Gasteiger partial charge is 0.253 e. The lowest BCUT2D eigenvalue weighted by Crippen LogP contribution is -2.49. The number of hydrogen-bond donors (Lipinski definition) is 0. The molecule has 0 saturated carbocycles. The van der Waals surface area contributed by atoms with Gasteiger partial charge in [-0.2, -0.15) is 0 Å². The molecule has 2 bridgehead atoms. The molecule has 4 rings (SSSR count). The first-order chi connectivity index (χ1) is 12.3. The van der Waals surface area contributed by atoms with Crippen LogP contribution in [0, 0.1) is 5.92 Å². The minimum atomic E-state index is 0.0785. The number of fused-ring (bicyclic) bond motifs is 4. The first kappa shape index (κ1) is 17.1. The molecule has 1 aromatic carbocycles. The SMILES string of the molecule is CC(C)(C)c1ccc(C(=O)N2CC3CC(C2)c2cccc(=O)n2C3)cc1. The van der Waals surface area contributed by atoms with Crippen molar-refractivity contribution in [1.82, 2.24) is 9.47 Å². The van der Waals surface area contributed by atoms with Gasteiger partial charge in [-0.25, -0.2) is 0 Å². The van der Waals surface area contributed by atoms with Crippen molar-refractivity contribution in [1.29, 1.82) is 0 Å². The van der Waals surface area contributed by atoms with E-state index >= 15 is 0 Å². The highest BCUT2D eigenvalue weighted by Crippen LogP contribution is 2.35. The van der Waals surface area contributed by atoms with Gasteiger partial charge in [-0.3, -0.25) is 9.59 Å². The van der Waals surface area contributed by atoms with E-state index in [1.165, 1.54) is 5.56 Å². The van der Waals surface area contributed by atoms with Gasteiger partial charge in [0.1, 0.15) is 0 Å². The predicted molar refractivity (Wildman–Crippen MR) is 103 cm³/mol. The summed E-state index contributed by atoms with van der Waals surface area (Å²) in [5, 5.41) is 0. The zero-order valence-electron chi connectivity index (χ0n) is 15.7. The molecule has 2 aromatic rings. The molecule has 4 nitrogen and oxygen atoms in total. The van der Waals surface area contributed by atoms with Crippen molar-refractivity contribution in [2.75, 3.05) is 13.1 Å². The Bertz CT molecular complexity index is 890. The van der Waals surface area contributed by atoms with Crippen LogP contribution >= 0.6 is 0 Å². The molecule has 2 unspecified atom stereocenters. The zero-order chi connectivity index (χ0) is 18.5. The molecule has 2 atom stereocenters. The summed E-state index contributed by atoms with van der Waals surface area (Å²) in [4.78, 5) is 27.1. The van der Waals surface area contributed by atoms with E-state index in [9.17, 15) is 9.59 Å². The Balaban J connectivity index is 1.57. The van der Waals surface area contributed by atoms with E-state index in [1.54, 1.807) is 6.07 Å². The molecular formula is C22H26N2O2. The number of amides is 1. The number of carbonyl (C=O) groups excluding carboxylic acids is 1. The summed E-state index contributed by atoms with van der Waals surface area (Å²) >= 11 is 0. The lowest BCUT2D eigenvalue weighted by Gasteiger charge is -2.42. The minimum absolute atomic E-state index is 0.0785. The van der Waals surface area contributed by atoms with Gasteiger partial charge in [-0.15, -0.1) is 0 Å². The van der Waals surface area contributed by atoms with Crippen molar-refractivity contribution in [2.45, 2.75) is 45.1 Å². The number of pyridine rings is 1. The van der Waals surface area contributed by atoms with E-state index in [0.717, 1.165) is 30.8 Å². The molecule has 1 aromatic heterocycles. The second-order valence-corrected chi connectivity index (χ2v) is 8.74. The molecule has 0 spiro atoms. The van der Waals surface area contributed by atoms with Crippen molar-refractivity contribution < 1.29 is 4.79 Å². The quantitative estimate of drug-likeness (QED) is 0.791. The van der Waals surface area contributed by atoms with Gasteiger partial charge in [-0.1, -0.05) is 39.0 Å². The van der Waals surface area contributed by atoms with Crippen LogP contribution in [0.25, 0.3) is 0 Å². The largest absolute Gasteiger partial charge is 0.338 e. The third-order valence-corrected chi connectivity index (χ3v) is 5.76. The predicted octanol–water partition coefficient (Wildman–Crippen LogP) is 3.41. The molecule has 1 saturated heterocycles. The van der Waals surface area contributed by atoms with Crippen LogP contribution in [-0.4, -0.2) is 28.5 Å². The van der Waals surface area contributed by atoms with Crippen LogP contribution in [0.1, 0.15) is 54.7 Å². The van der Waals surface area contributed by atoms with E-state index in [-0.39, 0.29) is 22.8 Å². The Hall–Kier alpha value is -2.36. The zero-order valence-corrected chi connectivity index (χ0v) is 15.7. The Morgan fingerprint density at radius 2 is 1.73 bits per heavy atom. The first-order valence-corrected chi connectivity index (χ1v) is 9.42. The number of benzene rings is 1. The molecule has 0 radical (unpaired) electrons. The maximum Gasteiger partial charge on any atom is 0.253 e. The molecule has 26 heavy (non-hydrogen) atoms. The highest BCUT2D eigenvalue weighted by atomic mass is 16.2. The van der Waals surface area contributed by atoms with Crippen LogP contribution in [0.5, 0.6) is 0 Å². The van der Waals surface area contributed by atoms with Gasteiger partial charge < -0.3 is 9.47 Å². The molecular weight excluding hydrogens is 324 g/mol. The maximum absolute atomic E-state index is 13.0. The lowest BCUT2D eigenvalue weighted by atomic mass is 9.82. The monoisotopic (exact) mass is 350 g/mol. The average molecular weight is 350 g/mol. The fourth-order valence-electron chi connectivity index (χ4n) is 4.36. The van der Waals surface area contributed by atoms with E-state index in [2.05, 4.69) is 32.9 Å². The summed E-state index contributed by atoms with van der Waals surface area (Å²) in [6.45, 7) is 8.67. The van der Waals surface area contributed by atoms with E-state index < -0.39 is 0 Å². The van der Waals surface area contributed by atoms with E-state index in [0.29, 0.717) is 12.5 Å². The number of hydrogen-bond acceptors (Lipinski definition) is 2. The van der Waals surface area contributed by atoms with Crippen molar-refractivity contribution in [2.24, 2.45) is 5.92 Å². The summed E-state index contributed by atoms with van der Waals surface area (Å²) < 4.78 is 1.90. The van der Waals surface area contributed by atoms with Gasteiger partial charge in [0.15, 0.2) is 0 Å². The molecule has 1 fully saturated rings. The number of likely N-dealkylation sites (tertiary alicyclic amines) is 1. The van der Waals surface area contributed by atoms with Crippen LogP contribution in [-0.2, 0) is 12.0 Å². The van der Waals surface area contributed by atoms with Crippen LogP contribution < -0.4 is 5.56 Å². The molecule has 0 aliphatic carbocycles. The third kappa shape index (κ3) is 2.98. The van der Waals surface area contributed by atoms with E-state index in [1.807, 2.05) is 33.7 Å². The number of rotatable bonds is 1. The number of aromatic nitrogens is 1. The topological polar surface area (TPSA) is 42.3 Å². The summed E-state index contributed by atoms with van der Waals surface area (Å²) in [7, 11) is 0. The van der Waals surface area contributed by atoms with Crippen molar-refractivity contribution in [3.05, 3.63) is 69.6 Å². The van der Waals surface area contributed by atoms with Crippen molar-refractivity contribution >= 4 is 5.91 Å². The summed E-state index contributed by atoms with van der Waals surface area (Å²) in [5.41, 5.74) is 3.23. The number of carbonyl (C=O) groups is 1. The van der Waals surface area contributed by atoms with Crippen molar-refractivity contribution in [3.8, 4) is 0 Å². The first-order valence-electron chi connectivity index (χ1n) is 9.42. The van der Waals surface area contributed by atoms with Crippen LogP contribution in [0.3, 0.4) is 0 Å². The van der Waals surface area contributed by atoms with Crippen LogP contribution in [0.15, 0.2) is 47.3 Å². The summed E-state index contributed by atoms with van der Waals surface area (Å²) in [6.07, 6.45) is 1.07. The fourth-order valence-corrected chi connectivity index (χ4v) is 4.36. The van der Waals surface area contributed by atoms with Crippen molar-refractivity contribution in [3.63, 3.8) is 0 Å². The van der Waals surface area contributed by atoms with Crippen LogP contribution in [0.4, 0.5) is 0 Å². The Morgan fingerprint density at radius 3 is 2.42 bits per heavy atom. The molecule has 4 heteroatoms. The molecule has 3 heterocycles. The van der Waals surface area contributed by atoms with Gasteiger partial charge >= 0.3 is 0 Å². The molecule has 2 aliphatic rings. The number of nitrogens with zero attached hydrogens (tertiary/aromatic N) is 2. The van der Waals surface area contributed by atoms with Crippen LogP contribution in [0.2, 0.25) is 0 Å².